The summed E-state index contributed by atoms with van der Waals surface area (Å²) in [7, 11) is 0. The molecule has 1 aromatic rings. The van der Waals surface area contributed by atoms with Gasteiger partial charge in [0.1, 0.15) is 0 Å². The Kier molecular flexibility index (Phi) is 6.26. The number of hydrogen-bond acceptors (Lipinski definition) is 5. The van der Waals surface area contributed by atoms with E-state index < -0.39 is 0 Å². The highest BCUT2D eigenvalue weighted by atomic mass is 32.1. The lowest BCUT2D eigenvalue weighted by Gasteiger charge is -2.33. The number of nitrogens with zero attached hydrogens (tertiary/aromatic N) is 3. The molecule has 20 heavy (non-hydrogen) atoms. The van der Waals surface area contributed by atoms with Crippen LogP contribution in [0.5, 0.6) is 0 Å². The number of aromatic nitrogens is 1. The normalized spacial score (nSPS) is 16.9. The first-order valence-electron chi connectivity index (χ1n) is 7.95. The SMILES string of the molecule is CCCNCc1sc(N2CCN(CC)CC2)nc1CC. The summed E-state index contributed by atoms with van der Waals surface area (Å²) in [5.74, 6) is 0. The Bertz CT molecular complexity index is 397. The summed E-state index contributed by atoms with van der Waals surface area (Å²) < 4.78 is 0. The zero-order chi connectivity index (χ0) is 14.4. The van der Waals surface area contributed by atoms with Crippen LogP contribution in [0.2, 0.25) is 0 Å². The predicted octanol–water partition coefficient (Wildman–Crippen LogP) is 2.35. The van der Waals surface area contributed by atoms with Crippen molar-refractivity contribution in [2.24, 2.45) is 0 Å². The van der Waals surface area contributed by atoms with E-state index in [1.54, 1.807) is 0 Å². The minimum Gasteiger partial charge on any atom is -0.346 e. The first-order valence-corrected chi connectivity index (χ1v) is 8.76. The average Bonchev–Trinajstić information content (AvgIpc) is 2.91. The molecular weight excluding hydrogens is 268 g/mol. The smallest absolute Gasteiger partial charge is 0.185 e. The van der Waals surface area contributed by atoms with Gasteiger partial charge in [-0.1, -0.05) is 20.8 Å². The van der Waals surface area contributed by atoms with Gasteiger partial charge in [-0.15, -0.1) is 11.3 Å². The van der Waals surface area contributed by atoms with Crippen LogP contribution < -0.4 is 10.2 Å². The molecule has 0 amide bonds. The molecule has 1 N–H and O–H groups in total. The lowest BCUT2D eigenvalue weighted by molar-refractivity contribution is 0.271. The Morgan fingerprint density at radius 1 is 1.15 bits per heavy atom. The zero-order valence-electron chi connectivity index (χ0n) is 13.1. The average molecular weight is 296 g/mol. The van der Waals surface area contributed by atoms with Crippen LogP contribution in [0.3, 0.4) is 0 Å². The molecule has 1 aliphatic rings. The fraction of sp³-hybridized carbons (Fsp3) is 0.800. The third-order valence-corrected chi connectivity index (χ3v) is 5.06. The molecule has 1 aliphatic heterocycles. The van der Waals surface area contributed by atoms with E-state index in [1.165, 1.54) is 35.2 Å². The fourth-order valence-electron chi connectivity index (χ4n) is 2.55. The van der Waals surface area contributed by atoms with Gasteiger partial charge in [0, 0.05) is 37.6 Å². The van der Waals surface area contributed by atoms with Gasteiger partial charge in [0.05, 0.1) is 5.69 Å². The molecule has 4 nitrogen and oxygen atoms in total. The Morgan fingerprint density at radius 2 is 1.90 bits per heavy atom. The number of aryl methyl sites for hydroxylation is 1. The minimum atomic E-state index is 0.976. The highest BCUT2D eigenvalue weighted by molar-refractivity contribution is 7.15. The molecule has 0 radical (unpaired) electrons. The summed E-state index contributed by atoms with van der Waals surface area (Å²) in [5.41, 5.74) is 1.28. The third-order valence-electron chi connectivity index (χ3n) is 3.90. The van der Waals surface area contributed by atoms with Gasteiger partial charge in [-0.3, -0.25) is 0 Å². The van der Waals surface area contributed by atoms with Crippen molar-refractivity contribution in [2.45, 2.75) is 40.2 Å². The van der Waals surface area contributed by atoms with Gasteiger partial charge in [0.15, 0.2) is 5.13 Å². The molecule has 0 aliphatic carbocycles. The first-order chi connectivity index (χ1) is 9.78. The monoisotopic (exact) mass is 296 g/mol. The summed E-state index contributed by atoms with van der Waals surface area (Å²) in [6.45, 7) is 14.5. The molecule has 0 spiro atoms. The van der Waals surface area contributed by atoms with E-state index in [9.17, 15) is 0 Å². The van der Waals surface area contributed by atoms with Crippen LogP contribution in [0.15, 0.2) is 0 Å². The second kappa shape index (κ2) is 7.96. The quantitative estimate of drug-likeness (QED) is 0.783. The van der Waals surface area contributed by atoms with E-state index in [0.29, 0.717) is 0 Å². The third kappa shape index (κ3) is 3.93. The van der Waals surface area contributed by atoms with Crippen LogP contribution in [-0.4, -0.2) is 49.2 Å². The first kappa shape index (κ1) is 15.7. The summed E-state index contributed by atoms with van der Waals surface area (Å²) in [6, 6.07) is 0. The van der Waals surface area contributed by atoms with Crippen LogP contribution in [0, 0.1) is 0 Å². The highest BCUT2D eigenvalue weighted by Gasteiger charge is 2.20. The molecule has 114 valence electrons. The van der Waals surface area contributed by atoms with Crippen LogP contribution in [0.4, 0.5) is 5.13 Å². The number of hydrogen-bond donors (Lipinski definition) is 1. The molecule has 2 heterocycles. The van der Waals surface area contributed by atoms with Crippen LogP contribution in [-0.2, 0) is 13.0 Å². The molecule has 1 fully saturated rings. The summed E-state index contributed by atoms with van der Waals surface area (Å²) in [5, 5.41) is 4.73. The number of thiazole rings is 1. The molecular formula is C15H28N4S. The van der Waals surface area contributed by atoms with E-state index >= 15 is 0 Å². The predicted molar refractivity (Wildman–Crippen MR) is 87.8 cm³/mol. The van der Waals surface area contributed by atoms with E-state index in [2.05, 4.69) is 35.9 Å². The molecule has 1 saturated heterocycles. The lowest BCUT2D eigenvalue weighted by Crippen LogP contribution is -2.46. The fourth-order valence-corrected chi connectivity index (χ4v) is 3.72. The highest BCUT2D eigenvalue weighted by Crippen LogP contribution is 2.27. The van der Waals surface area contributed by atoms with Crippen LogP contribution >= 0.6 is 11.3 Å². The lowest BCUT2D eigenvalue weighted by atomic mass is 10.3. The Morgan fingerprint density at radius 3 is 2.50 bits per heavy atom. The van der Waals surface area contributed by atoms with Crippen molar-refractivity contribution >= 4 is 16.5 Å². The summed E-state index contributed by atoms with van der Waals surface area (Å²) >= 11 is 1.88. The van der Waals surface area contributed by atoms with Crippen molar-refractivity contribution in [2.75, 3.05) is 44.2 Å². The molecule has 5 heteroatoms. The minimum absolute atomic E-state index is 0.976. The maximum absolute atomic E-state index is 4.87. The molecule has 0 atom stereocenters. The molecule has 0 aromatic carbocycles. The molecule has 1 aromatic heterocycles. The zero-order valence-corrected chi connectivity index (χ0v) is 13.9. The van der Waals surface area contributed by atoms with Crippen molar-refractivity contribution in [3.8, 4) is 0 Å². The molecule has 0 saturated carbocycles. The maximum atomic E-state index is 4.87. The number of likely N-dealkylation sites (N-methyl/N-ethyl adjacent to an activating group) is 1. The number of piperazine rings is 1. The molecule has 2 rings (SSSR count). The topological polar surface area (TPSA) is 31.4 Å². The number of rotatable bonds is 7. The molecule has 0 bridgehead atoms. The van der Waals surface area contributed by atoms with Crippen molar-refractivity contribution in [3.05, 3.63) is 10.6 Å². The van der Waals surface area contributed by atoms with Gasteiger partial charge in [0.2, 0.25) is 0 Å². The Hall–Kier alpha value is -0.650. The van der Waals surface area contributed by atoms with E-state index in [1.807, 2.05) is 11.3 Å². The van der Waals surface area contributed by atoms with Crippen molar-refractivity contribution in [1.82, 2.24) is 15.2 Å². The maximum Gasteiger partial charge on any atom is 0.185 e. The largest absolute Gasteiger partial charge is 0.346 e. The van der Waals surface area contributed by atoms with E-state index in [4.69, 9.17) is 4.98 Å². The second-order valence-electron chi connectivity index (χ2n) is 5.32. The molecule has 0 unspecified atom stereocenters. The Balaban J connectivity index is 1.98. The summed E-state index contributed by atoms with van der Waals surface area (Å²) in [4.78, 5) is 11.3. The van der Waals surface area contributed by atoms with Crippen LogP contribution in [0.25, 0.3) is 0 Å². The van der Waals surface area contributed by atoms with Crippen LogP contribution in [0.1, 0.15) is 37.8 Å². The second-order valence-corrected chi connectivity index (χ2v) is 6.38. The van der Waals surface area contributed by atoms with Crippen molar-refractivity contribution < 1.29 is 0 Å². The Labute approximate surface area is 127 Å². The van der Waals surface area contributed by atoms with E-state index in [0.717, 1.165) is 39.1 Å². The van der Waals surface area contributed by atoms with Crippen molar-refractivity contribution in [1.29, 1.82) is 0 Å². The van der Waals surface area contributed by atoms with E-state index in [-0.39, 0.29) is 0 Å². The van der Waals surface area contributed by atoms with Gasteiger partial charge in [-0.05, 0) is 25.9 Å². The van der Waals surface area contributed by atoms with Gasteiger partial charge in [0.25, 0.3) is 0 Å². The number of nitrogens with one attached hydrogen (secondary N) is 1. The van der Waals surface area contributed by atoms with Gasteiger partial charge < -0.3 is 15.1 Å². The summed E-state index contributed by atoms with van der Waals surface area (Å²) in [6.07, 6.45) is 2.22. The van der Waals surface area contributed by atoms with Crippen molar-refractivity contribution in [3.63, 3.8) is 0 Å². The van der Waals surface area contributed by atoms with Gasteiger partial charge >= 0.3 is 0 Å². The standard InChI is InChI=1S/C15H28N4S/c1-4-7-16-12-14-13(5-2)17-15(20-14)19-10-8-18(6-3)9-11-19/h16H,4-12H2,1-3H3. The van der Waals surface area contributed by atoms with Gasteiger partial charge in [-0.25, -0.2) is 4.98 Å². The number of anilines is 1. The van der Waals surface area contributed by atoms with Gasteiger partial charge in [-0.2, -0.15) is 0 Å².